The molecule has 0 saturated heterocycles. The van der Waals surface area contributed by atoms with Crippen molar-refractivity contribution in [1.82, 2.24) is 5.32 Å². The Kier molecular flexibility index (Phi) is 6.67. The molecule has 0 aromatic rings. The number of carbonyl (C=O) groups excluding carboxylic acids is 1. The van der Waals surface area contributed by atoms with Crippen molar-refractivity contribution in [2.75, 3.05) is 12.4 Å². The maximum Gasteiger partial charge on any atom is 0.326 e. The molecule has 3 nitrogen and oxygen atoms in total. The maximum atomic E-state index is 12.2. The molecule has 0 bridgehead atoms. The standard InChI is InChI=1S/C15H29NO2S/c1-6-18-14(17)15(5,16-13-7-8-13)9-12(4)19-10-11(2)3/h11-13,16H,6-10H2,1-5H3. The zero-order valence-electron chi connectivity index (χ0n) is 13.0. The van der Waals surface area contributed by atoms with Crippen molar-refractivity contribution in [3.05, 3.63) is 0 Å². The van der Waals surface area contributed by atoms with Crippen LogP contribution in [-0.2, 0) is 9.53 Å². The summed E-state index contributed by atoms with van der Waals surface area (Å²) in [6.45, 7) is 11.0. The van der Waals surface area contributed by atoms with Crippen LogP contribution in [0.5, 0.6) is 0 Å². The Hall–Kier alpha value is -0.220. The van der Waals surface area contributed by atoms with Crippen LogP contribution >= 0.6 is 11.8 Å². The molecule has 0 amide bonds. The van der Waals surface area contributed by atoms with Gasteiger partial charge in [0.15, 0.2) is 0 Å². The Bertz CT molecular complexity index is 292. The molecule has 1 rings (SSSR count). The highest BCUT2D eigenvalue weighted by molar-refractivity contribution is 7.99. The number of hydrogen-bond acceptors (Lipinski definition) is 4. The van der Waals surface area contributed by atoms with E-state index in [2.05, 4.69) is 26.1 Å². The molecular weight excluding hydrogens is 258 g/mol. The molecular formula is C15H29NO2S. The second-order valence-corrected chi connectivity index (χ2v) is 7.68. The first kappa shape index (κ1) is 16.8. The number of nitrogens with one attached hydrogen (secondary N) is 1. The number of carbonyl (C=O) groups is 1. The monoisotopic (exact) mass is 287 g/mol. The number of hydrogen-bond donors (Lipinski definition) is 1. The van der Waals surface area contributed by atoms with E-state index in [1.54, 1.807) is 0 Å². The van der Waals surface area contributed by atoms with Gasteiger partial charge < -0.3 is 4.74 Å². The summed E-state index contributed by atoms with van der Waals surface area (Å²) in [7, 11) is 0. The molecule has 4 heteroatoms. The van der Waals surface area contributed by atoms with E-state index in [0.717, 1.165) is 12.2 Å². The first-order valence-corrected chi connectivity index (χ1v) is 8.48. The lowest BCUT2D eigenvalue weighted by Gasteiger charge is -2.31. The lowest BCUT2D eigenvalue weighted by molar-refractivity contribution is -0.150. The fourth-order valence-corrected chi connectivity index (χ4v) is 3.32. The zero-order chi connectivity index (χ0) is 14.5. The Labute approximate surface area is 122 Å². The van der Waals surface area contributed by atoms with E-state index in [-0.39, 0.29) is 5.97 Å². The smallest absolute Gasteiger partial charge is 0.326 e. The van der Waals surface area contributed by atoms with Crippen molar-refractivity contribution in [2.45, 2.75) is 70.7 Å². The number of ether oxygens (including phenoxy) is 1. The second kappa shape index (κ2) is 7.53. The van der Waals surface area contributed by atoms with Crippen molar-refractivity contribution >= 4 is 17.7 Å². The van der Waals surface area contributed by atoms with E-state index in [1.165, 1.54) is 12.8 Å². The van der Waals surface area contributed by atoms with Gasteiger partial charge in [0.05, 0.1) is 6.61 Å². The predicted octanol–water partition coefficient (Wildman–Crippen LogP) is 3.23. The van der Waals surface area contributed by atoms with Crippen molar-refractivity contribution in [2.24, 2.45) is 5.92 Å². The van der Waals surface area contributed by atoms with Gasteiger partial charge in [0, 0.05) is 11.3 Å². The fourth-order valence-electron chi connectivity index (χ4n) is 2.16. The molecule has 1 N–H and O–H groups in total. The van der Waals surface area contributed by atoms with Gasteiger partial charge in [-0.05, 0) is 44.8 Å². The van der Waals surface area contributed by atoms with Crippen LogP contribution < -0.4 is 5.32 Å². The fraction of sp³-hybridized carbons (Fsp3) is 0.933. The Morgan fingerprint density at radius 3 is 2.53 bits per heavy atom. The van der Waals surface area contributed by atoms with Gasteiger partial charge in [-0.25, -0.2) is 0 Å². The first-order valence-electron chi connectivity index (χ1n) is 7.44. The maximum absolute atomic E-state index is 12.2. The third-order valence-electron chi connectivity index (χ3n) is 3.24. The number of esters is 1. The van der Waals surface area contributed by atoms with E-state index in [4.69, 9.17) is 4.74 Å². The average Bonchev–Trinajstić information content (AvgIpc) is 3.10. The largest absolute Gasteiger partial charge is 0.465 e. The highest BCUT2D eigenvalue weighted by Crippen LogP contribution is 2.29. The van der Waals surface area contributed by atoms with E-state index >= 15 is 0 Å². The average molecular weight is 287 g/mol. The zero-order valence-corrected chi connectivity index (χ0v) is 13.8. The minimum absolute atomic E-state index is 0.0982. The van der Waals surface area contributed by atoms with Gasteiger partial charge in [-0.1, -0.05) is 20.8 Å². The predicted molar refractivity (Wildman–Crippen MR) is 82.6 cm³/mol. The molecule has 0 aliphatic heterocycles. The van der Waals surface area contributed by atoms with Crippen LogP contribution in [0.15, 0.2) is 0 Å². The lowest BCUT2D eigenvalue weighted by Crippen LogP contribution is -2.52. The molecule has 1 saturated carbocycles. The molecule has 1 aliphatic carbocycles. The third-order valence-corrected chi connectivity index (χ3v) is 4.83. The summed E-state index contributed by atoms with van der Waals surface area (Å²) < 4.78 is 5.25. The Balaban J connectivity index is 2.54. The molecule has 0 radical (unpaired) electrons. The van der Waals surface area contributed by atoms with Gasteiger partial charge in [-0.3, -0.25) is 10.1 Å². The van der Waals surface area contributed by atoms with Crippen LogP contribution in [0.1, 0.15) is 53.9 Å². The topological polar surface area (TPSA) is 38.3 Å². The van der Waals surface area contributed by atoms with Gasteiger partial charge in [0.2, 0.25) is 0 Å². The summed E-state index contributed by atoms with van der Waals surface area (Å²) in [5, 5.41) is 3.94. The molecule has 0 heterocycles. The molecule has 19 heavy (non-hydrogen) atoms. The number of thioether (sulfide) groups is 1. The summed E-state index contributed by atoms with van der Waals surface area (Å²) >= 11 is 1.95. The highest BCUT2D eigenvalue weighted by atomic mass is 32.2. The SMILES string of the molecule is CCOC(=O)C(C)(CC(C)SCC(C)C)NC1CC1. The van der Waals surface area contributed by atoms with Crippen LogP contribution in [0.3, 0.4) is 0 Å². The Morgan fingerprint density at radius 1 is 1.42 bits per heavy atom. The van der Waals surface area contributed by atoms with Crippen molar-refractivity contribution < 1.29 is 9.53 Å². The molecule has 0 aromatic heterocycles. The molecule has 1 aliphatic rings. The lowest BCUT2D eigenvalue weighted by atomic mass is 9.95. The summed E-state index contributed by atoms with van der Waals surface area (Å²) in [6, 6.07) is 0.511. The molecule has 0 aromatic carbocycles. The van der Waals surface area contributed by atoms with E-state index in [0.29, 0.717) is 23.8 Å². The van der Waals surface area contributed by atoms with Crippen LogP contribution in [0.25, 0.3) is 0 Å². The van der Waals surface area contributed by atoms with Crippen molar-refractivity contribution in [1.29, 1.82) is 0 Å². The number of rotatable bonds is 9. The minimum atomic E-state index is -0.527. The second-order valence-electron chi connectivity index (χ2n) is 6.21. The van der Waals surface area contributed by atoms with Gasteiger partial charge in [-0.15, -0.1) is 0 Å². The molecule has 0 spiro atoms. The van der Waals surface area contributed by atoms with E-state index in [1.807, 2.05) is 25.6 Å². The normalized spacial score (nSPS) is 20.1. The van der Waals surface area contributed by atoms with Crippen LogP contribution in [0, 0.1) is 5.92 Å². The Morgan fingerprint density at radius 2 is 2.05 bits per heavy atom. The molecule has 112 valence electrons. The van der Waals surface area contributed by atoms with Crippen LogP contribution in [-0.4, -0.2) is 35.2 Å². The summed E-state index contributed by atoms with van der Waals surface area (Å²) in [5.41, 5.74) is -0.527. The molecule has 2 unspecified atom stereocenters. The summed E-state index contributed by atoms with van der Waals surface area (Å²) in [5.74, 6) is 1.74. The van der Waals surface area contributed by atoms with E-state index < -0.39 is 5.54 Å². The molecule has 2 atom stereocenters. The highest BCUT2D eigenvalue weighted by Gasteiger charge is 2.40. The van der Waals surface area contributed by atoms with Crippen LogP contribution in [0.4, 0.5) is 0 Å². The third kappa shape index (κ3) is 6.17. The van der Waals surface area contributed by atoms with Gasteiger partial charge in [-0.2, -0.15) is 11.8 Å². The summed E-state index contributed by atoms with van der Waals surface area (Å²) in [6.07, 6.45) is 3.20. The minimum Gasteiger partial charge on any atom is -0.465 e. The first-order chi connectivity index (χ1) is 8.87. The van der Waals surface area contributed by atoms with E-state index in [9.17, 15) is 4.79 Å². The van der Waals surface area contributed by atoms with Gasteiger partial charge in [0.25, 0.3) is 0 Å². The molecule has 1 fully saturated rings. The van der Waals surface area contributed by atoms with Gasteiger partial charge in [0.1, 0.15) is 5.54 Å². The van der Waals surface area contributed by atoms with Crippen molar-refractivity contribution in [3.8, 4) is 0 Å². The summed E-state index contributed by atoms with van der Waals surface area (Å²) in [4.78, 5) is 12.2. The van der Waals surface area contributed by atoms with Crippen LogP contribution in [0.2, 0.25) is 0 Å². The van der Waals surface area contributed by atoms with Gasteiger partial charge >= 0.3 is 5.97 Å². The van der Waals surface area contributed by atoms with Crippen molar-refractivity contribution in [3.63, 3.8) is 0 Å². The quantitative estimate of drug-likeness (QED) is 0.661.